The highest BCUT2D eigenvalue weighted by Gasteiger charge is 2.09. The Morgan fingerprint density at radius 3 is 2.67 bits per heavy atom. The fourth-order valence-corrected chi connectivity index (χ4v) is 2.45. The maximum Gasteiger partial charge on any atom is 0.0702 e. The maximum atomic E-state index is 9.56. The van der Waals surface area contributed by atoms with Crippen LogP contribution in [0.15, 0.2) is 66.9 Å². The van der Waals surface area contributed by atoms with Crippen molar-refractivity contribution in [3.05, 3.63) is 78.0 Å². The first-order chi connectivity index (χ1) is 10.4. The van der Waals surface area contributed by atoms with Crippen LogP contribution in [0.2, 0.25) is 0 Å². The zero-order valence-electron chi connectivity index (χ0n) is 11.7. The number of rotatable bonds is 5. The molecule has 0 amide bonds. The van der Waals surface area contributed by atoms with E-state index in [1.807, 2.05) is 42.5 Å². The van der Waals surface area contributed by atoms with Gasteiger partial charge in [0, 0.05) is 18.1 Å². The van der Waals surface area contributed by atoms with Crippen molar-refractivity contribution in [1.29, 1.82) is 0 Å². The van der Waals surface area contributed by atoms with Gasteiger partial charge in [0.05, 0.1) is 18.2 Å². The van der Waals surface area contributed by atoms with Crippen LogP contribution in [0.4, 0.5) is 0 Å². The summed E-state index contributed by atoms with van der Waals surface area (Å²) < 4.78 is 0. The minimum atomic E-state index is -0.0456. The summed E-state index contributed by atoms with van der Waals surface area (Å²) in [7, 11) is 0. The highest BCUT2D eigenvalue weighted by atomic mass is 16.3. The Bertz CT molecular complexity index is 712. The molecule has 0 aliphatic heterocycles. The molecule has 0 aliphatic carbocycles. The molecule has 3 rings (SSSR count). The topological polar surface area (TPSA) is 45.1 Å². The first-order valence-corrected chi connectivity index (χ1v) is 7.09. The van der Waals surface area contributed by atoms with Crippen molar-refractivity contribution >= 4 is 10.9 Å². The summed E-state index contributed by atoms with van der Waals surface area (Å²) in [5.41, 5.74) is 3.29. The van der Waals surface area contributed by atoms with Crippen molar-refractivity contribution in [2.24, 2.45) is 0 Å². The molecule has 1 atom stereocenters. The molecule has 0 aliphatic rings. The van der Waals surface area contributed by atoms with Gasteiger partial charge in [0.25, 0.3) is 0 Å². The van der Waals surface area contributed by atoms with Gasteiger partial charge in [-0.25, -0.2) is 0 Å². The molecule has 3 nitrogen and oxygen atoms in total. The van der Waals surface area contributed by atoms with Crippen molar-refractivity contribution in [1.82, 2.24) is 10.3 Å². The van der Waals surface area contributed by atoms with E-state index in [0.29, 0.717) is 6.54 Å². The molecule has 0 bridgehead atoms. The molecule has 3 aromatic rings. The van der Waals surface area contributed by atoms with Gasteiger partial charge in [-0.2, -0.15) is 0 Å². The second-order valence-electron chi connectivity index (χ2n) is 5.06. The van der Waals surface area contributed by atoms with E-state index < -0.39 is 0 Å². The Morgan fingerprint density at radius 1 is 1.00 bits per heavy atom. The fraction of sp³-hybridized carbons (Fsp3) is 0.167. The number of aromatic nitrogens is 1. The molecule has 106 valence electrons. The summed E-state index contributed by atoms with van der Waals surface area (Å²) in [6.45, 7) is 0.796. The van der Waals surface area contributed by atoms with E-state index in [2.05, 4.69) is 28.5 Å². The standard InChI is InChI=1S/C18H18N2O/c21-13-18(15-5-2-1-3-6-15)20-12-14-8-9-17-16(11-14)7-4-10-19-17/h1-11,18,20-21H,12-13H2/t18-/m0/s1. The summed E-state index contributed by atoms with van der Waals surface area (Å²) in [6, 6.07) is 20.2. The highest BCUT2D eigenvalue weighted by molar-refractivity contribution is 5.78. The van der Waals surface area contributed by atoms with Gasteiger partial charge in [0.2, 0.25) is 0 Å². The summed E-state index contributed by atoms with van der Waals surface area (Å²) in [5.74, 6) is 0. The lowest BCUT2D eigenvalue weighted by atomic mass is 10.1. The van der Waals surface area contributed by atoms with E-state index in [0.717, 1.165) is 16.5 Å². The van der Waals surface area contributed by atoms with Gasteiger partial charge in [-0.05, 0) is 29.3 Å². The Hall–Kier alpha value is -2.23. The molecule has 1 heterocycles. The lowest BCUT2D eigenvalue weighted by Gasteiger charge is -2.17. The number of hydrogen-bond donors (Lipinski definition) is 2. The molecule has 0 saturated carbocycles. The minimum Gasteiger partial charge on any atom is -0.394 e. The van der Waals surface area contributed by atoms with Crippen molar-refractivity contribution in [3.8, 4) is 0 Å². The smallest absolute Gasteiger partial charge is 0.0702 e. The fourth-order valence-electron chi connectivity index (χ4n) is 2.45. The maximum absolute atomic E-state index is 9.56. The van der Waals surface area contributed by atoms with Gasteiger partial charge in [0.15, 0.2) is 0 Å². The number of aliphatic hydroxyl groups excluding tert-OH is 1. The van der Waals surface area contributed by atoms with Crippen LogP contribution in [0.5, 0.6) is 0 Å². The third-order valence-corrected chi connectivity index (χ3v) is 3.60. The van der Waals surface area contributed by atoms with E-state index in [1.54, 1.807) is 6.20 Å². The van der Waals surface area contributed by atoms with E-state index in [-0.39, 0.29) is 12.6 Å². The van der Waals surface area contributed by atoms with E-state index in [1.165, 1.54) is 5.56 Å². The molecule has 21 heavy (non-hydrogen) atoms. The van der Waals surface area contributed by atoms with Crippen LogP contribution in [-0.2, 0) is 6.54 Å². The Kier molecular flexibility index (Phi) is 4.24. The van der Waals surface area contributed by atoms with E-state index in [9.17, 15) is 5.11 Å². The second-order valence-corrected chi connectivity index (χ2v) is 5.06. The molecule has 0 fully saturated rings. The average molecular weight is 278 g/mol. The molecule has 0 saturated heterocycles. The number of aliphatic hydroxyl groups is 1. The van der Waals surface area contributed by atoms with Crippen LogP contribution in [0.3, 0.4) is 0 Å². The molecule has 0 spiro atoms. The molecular weight excluding hydrogens is 260 g/mol. The van der Waals surface area contributed by atoms with Crippen LogP contribution in [0.1, 0.15) is 17.2 Å². The molecule has 2 aromatic carbocycles. The molecule has 2 N–H and O–H groups in total. The summed E-state index contributed by atoms with van der Waals surface area (Å²) >= 11 is 0. The normalized spacial score (nSPS) is 12.4. The number of fused-ring (bicyclic) bond motifs is 1. The van der Waals surface area contributed by atoms with Gasteiger partial charge in [-0.3, -0.25) is 4.98 Å². The summed E-state index contributed by atoms with van der Waals surface area (Å²) in [4.78, 5) is 4.32. The quantitative estimate of drug-likeness (QED) is 0.754. The Balaban J connectivity index is 1.73. The van der Waals surface area contributed by atoms with Crippen molar-refractivity contribution < 1.29 is 5.11 Å². The first-order valence-electron chi connectivity index (χ1n) is 7.09. The van der Waals surface area contributed by atoms with Crippen molar-refractivity contribution in [2.75, 3.05) is 6.61 Å². The predicted molar refractivity (Wildman–Crippen MR) is 84.9 cm³/mol. The molecule has 3 heteroatoms. The minimum absolute atomic E-state index is 0.0456. The highest BCUT2D eigenvalue weighted by Crippen LogP contribution is 2.16. The van der Waals surface area contributed by atoms with Gasteiger partial charge < -0.3 is 10.4 Å². The third-order valence-electron chi connectivity index (χ3n) is 3.60. The van der Waals surface area contributed by atoms with Crippen LogP contribution >= 0.6 is 0 Å². The SMILES string of the molecule is OC[C@H](NCc1ccc2ncccc2c1)c1ccccc1. The lowest BCUT2D eigenvalue weighted by molar-refractivity contribution is 0.243. The van der Waals surface area contributed by atoms with Gasteiger partial charge in [-0.15, -0.1) is 0 Å². The number of pyridine rings is 1. The largest absolute Gasteiger partial charge is 0.394 e. The van der Waals surface area contributed by atoms with E-state index >= 15 is 0 Å². The second kappa shape index (κ2) is 6.48. The number of benzene rings is 2. The van der Waals surface area contributed by atoms with Crippen LogP contribution in [-0.4, -0.2) is 16.7 Å². The van der Waals surface area contributed by atoms with Gasteiger partial charge in [0.1, 0.15) is 0 Å². The number of nitrogens with one attached hydrogen (secondary N) is 1. The molecule has 1 aromatic heterocycles. The summed E-state index contributed by atoms with van der Waals surface area (Å²) in [5, 5.41) is 14.1. The Labute approximate surface area is 124 Å². The lowest BCUT2D eigenvalue weighted by Crippen LogP contribution is -2.23. The molecule has 0 radical (unpaired) electrons. The predicted octanol–water partition coefficient (Wildman–Crippen LogP) is 3.06. The van der Waals surface area contributed by atoms with Crippen LogP contribution in [0.25, 0.3) is 10.9 Å². The monoisotopic (exact) mass is 278 g/mol. The average Bonchev–Trinajstić information content (AvgIpc) is 2.56. The van der Waals surface area contributed by atoms with E-state index in [4.69, 9.17) is 0 Å². The Morgan fingerprint density at radius 2 is 1.86 bits per heavy atom. The van der Waals surface area contributed by atoms with Crippen molar-refractivity contribution in [3.63, 3.8) is 0 Å². The number of hydrogen-bond acceptors (Lipinski definition) is 3. The van der Waals surface area contributed by atoms with Crippen LogP contribution < -0.4 is 5.32 Å². The van der Waals surface area contributed by atoms with Crippen molar-refractivity contribution in [2.45, 2.75) is 12.6 Å². The van der Waals surface area contributed by atoms with Crippen LogP contribution in [0, 0.1) is 0 Å². The zero-order valence-corrected chi connectivity index (χ0v) is 11.7. The molecule has 0 unspecified atom stereocenters. The number of nitrogens with zero attached hydrogens (tertiary/aromatic N) is 1. The summed E-state index contributed by atoms with van der Waals surface area (Å²) in [6.07, 6.45) is 1.80. The van der Waals surface area contributed by atoms with Gasteiger partial charge >= 0.3 is 0 Å². The third kappa shape index (κ3) is 3.27. The zero-order chi connectivity index (χ0) is 14.5. The van der Waals surface area contributed by atoms with Gasteiger partial charge in [-0.1, -0.05) is 42.5 Å². The molecular formula is C18H18N2O. The first kappa shape index (κ1) is 13.7.